The van der Waals surface area contributed by atoms with Crippen LogP contribution in [0.5, 0.6) is 0 Å². The second-order valence-electron chi connectivity index (χ2n) is 12.2. The van der Waals surface area contributed by atoms with Crippen molar-refractivity contribution in [1.29, 1.82) is 0 Å². The quantitative estimate of drug-likeness (QED) is 0.394. The van der Waals surface area contributed by atoms with Crippen molar-refractivity contribution in [2.45, 2.75) is 57.4 Å². The molecule has 228 valence electrons. The summed E-state index contributed by atoms with van der Waals surface area (Å²) in [6.45, 7) is 15.2. The zero-order valence-corrected chi connectivity index (χ0v) is 26.0. The molecule has 7 atom stereocenters. The monoisotopic (exact) mass is 605 g/mol. The summed E-state index contributed by atoms with van der Waals surface area (Å²) in [6.07, 6.45) is 3.68. The Kier molecular flexibility index (Phi) is 8.33. The maximum absolute atomic E-state index is 14.8. The average molecular weight is 606 g/mol. The molecule has 43 heavy (non-hydrogen) atoms. The van der Waals surface area contributed by atoms with Gasteiger partial charge in [0.05, 0.1) is 40.8 Å². The summed E-state index contributed by atoms with van der Waals surface area (Å²) in [7, 11) is 0. The topological polar surface area (TPSA) is 90.4 Å². The van der Waals surface area contributed by atoms with Crippen molar-refractivity contribution in [3.8, 4) is 0 Å². The van der Waals surface area contributed by atoms with Gasteiger partial charge in [0, 0.05) is 18.8 Å². The van der Waals surface area contributed by atoms with Gasteiger partial charge >= 0.3 is 0 Å². The largest absolute Gasteiger partial charge is 0.394 e. The van der Waals surface area contributed by atoms with Gasteiger partial charge in [-0.1, -0.05) is 61.0 Å². The maximum Gasteiger partial charge on any atom is 0.253 e. The van der Waals surface area contributed by atoms with Crippen LogP contribution in [0.2, 0.25) is 5.02 Å². The molecule has 8 nitrogen and oxygen atoms in total. The second-order valence-corrected chi connectivity index (χ2v) is 12.6. The SMILES string of the molecule is C=CCN(C(=O)[C@H]1[C@H]2C(=O)N([C@H](C)CO)C(C(=O)N(CC=C)c3c(C)cccc3Cl)C23CC(C)[C@]1(C)O3)c1ccccc1. The summed E-state index contributed by atoms with van der Waals surface area (Å²) < 4.78 is 6.91. The molecule has 2 aromatic rings. The van der Waals surface area contributed by atoms with E-state index < -0.39 is 35.1 Å². The van der Waals surface area contributed by atoms with Gasteiger partial charge in [-0.15, -0.1) is 13.2 Å². The predicted molar refractivity (Wildman–Crippen MR) is 168 cm³/mol. The number of halogens is 1. The number of anilines is 2. The van der Waals surface area contributed by atoms with Gasteiger partial charge in [0.1, 0.15) is 11.6 Å². The van der Waals surface area contributed by atoms with Crippen LogP contribution in [0.25, 0.3) is 0 Å². The molecule has 2 aromatic carbocycles. The van der Waals surface area contributed by atoms with E-state index in [9.17, 15) is 19.5 Å². The molecule has 0 aliphatic carbocycles. The highest BCUT2D eigenvalue weighted by Gasteiger charge is 2.80. The van der Waals surface area contributed by atoms with Gasteiger partial charge in [-0.05, 0) is 56.9 Å². The van der Waals surface area contributed by atoms with Crippen LogP contribution >= 0.6 is 11.6 Å². The lowest BCUT2D eigenvalue weighted by Crippen LogP contribution is -2.59. The third kappa shape index (κ3) is 4.62. The molecular formula is C34H40ClN3O5. The highest BCUT2D eigenvalue weighted by atomic mass is 35.5. The molecule has 3 fully saturated rings. The first-order valence-electron chi connectivity index (χ1n) is 14.8. The number of aliphatic hydroxyl groups excluding tert-OH is 1. The molecule has 3 amide bonds. The molecule has 2 bridgehead atoms. The van der Waals surface area contributed by atoms with E-state index in [0.717, 1.165) is 5.56 Å². The first-order valence-corrected chi connectivity index (χ1v) is 15.1. The first-order chi connectivity index (χ1) is 20.5. The molecule has 3 aliphatic rings. The van der Waals surface area contributed by atoms with Crippen LogP contribution in [0, 0.1) is 24.7 Å². The Balaban J connectivity index is 1.66. The van der Waals surface area contributed by atoms with Gasteiger partial charge in [-0.25, -0.2) is 0 Å². The molecule has 3 unspecified atom stereocenters. The highest BCUT2D eigenvalue weighted by molar-refractivity contribution is 6.34. The number of aryl methyl sites for hydroxylation is 1. The molecule has 0 saturated carbocycles. The van der Waals surface area contributed by atoms with E-state index in [4.69, 9.17) is 16.3 Å². The zero-order valence-electron chi connectivity index (χ0n) is 25.2. The zero-order chi connectivity index (χ0) is 31.3. The van der Waals surface area contributed by atoms with Crippen molar-refractivity contribution < 1.29 is 24.2 Å². The minimum absolute atomic E-state index is 0.138. The Morgan fingerprint density at radius 1 is 1.12 bits per heavy atom. The van der Waals surface area contributed by atoms with Crippen LogP contribution < -0.4 is 9.80 Å². The van der Waals surface area contributed by atoms with Gasteiger partial charge in [-0.2, -0.15) is 0 Å². The van der Waals surface area contributed by atoms with Crippen molar-refractivity contribution in [1.82, 2.24) is 4.90 Å². The minimum atomic E-state index is -1.28. The van der Waals surface area contributed by atoms with E-state index in [2.05, 4.69) is 13.2 Å². The number of rotatable bonds is 10. The van der Waals surface area contributed by atoms with Gasteiger partial charge in [0.25, 0.3) is 5.91 Å². The lowest BCUT2D eigenvalue weighted by atomic mass is 9.62. The van der Waals surface area contributed by atoms with Gasteiger partial charge in [0.15, 0.2) is 0 Å². The number of para-hydroxylation sites is 2. The number of likely N-dealkylation sites (tertiary alicyclic amines) is 1. The molecular weight excluding hydrogens is 566 g/mol. The Morgan fingerprint density at radius 3 is 2.37 bits per heavy atom. The number of hydrogen-bond acceptors (Lipinski definition) is 5. The number of carbonyl (C=O) groups is 3. The maximum atomic E-state index is 14.8. The third-order valence-corrected chi connectivity index (χ3v) is 9.98. The summed E-state index contributed by atoms with van der Waals surface area (Å²) >= 11 is 6.65. The molecule has 9 heteroatoms. The summed E-state index contributed by atoms with van der Waals surface area (Å²) in [4.78, 5) is 48.6. The lowest BCUT2D eigenvalue weighted by molar-refractivity contribution is -0.148. The second kappa shape index (κ2) is 11.6. The van der Waals surface area contributed by atoms with Crippen LogP contribution in [0.3, 0.4) is 0 Å². The molecule has 3 saturated heterocycles. The van der Waals surface area contributed by atoms with E-state index in [-0.39, 0.29) is 43.3 Å². The number of ether oxygens (including phenoxy) is 1. The van der Waals surface area contributed by atoms with Crippen LogP contribution in [0.4, 0.5) is 11.4 Å². The fraction of sp³-hybridized carbons (Fsp3) is 0.441. The Morgan fingerprint density at radius 2 is 1.77 bits per heavy atom. The van der Waals surface area contributed by atoms with Crippen LogP contribution in [-0.2, 0) is 19.1 Å². The molecule has 0 aromatic heterocycles. The van der Waals surface area contributed by atoms with Crippen molar-refractivity contribution in [2.24, 2.45) is 17.8 Å². The summed E-state index contributed by atoms with van der Waals surface area (Å²) in [6, 6.07) is 12.9. The van der Waals surface area contributed by atoms with E-state index >= 15 is 0 Å². The number of nitrogens with zero attached hydrogens (tertiary/aromatic N) is 3. The molecule has 1 N–H and O–H groups in total. The number of amides is 3. The van der Waals surface area contributed by atoms with E-state index in [1.807, 2.05) is 63.2 Å². The standard InChI is InChI=1S/C34H40ClN3O5/c1-7-17-36(24-14-10-9-11-15-24)30(40)26-27-31(41)38(23(5)20-39)29(34(27)19-22(4)33(26,6)43-34)32(42)37(18-8-2)28-21(3)13-12-16-25(28)35/h7-16,22-23,26-27,29,39H,1-2,17-20H2,3-6H3/t22?,23-,26-,27+,29?,33+,34?/m1/s1. The Hall–Kier alpha value is -3.46. The van der Waals surface area contributed by atoms with Crippen molar-refractivity contribution in [3.63, 3.8) is 0 Å². The minimum Gasteiger partial charge on any atom is -0.394 e. The summed E-state index contributed by atoms with van der Waals surface area (Å²) in [5.41, 5.74) is -0.278. The van der Waals surface area contributed by atoms with Gasteiger partial charge in [0.2, 0.25) is 11.8 Å². The van der Waals surface area contributed by atoms with Crippen LogP contribution in [-0.4, -0.2) is 70.7 Å². The normalized spacial score (nSPS) is 29.7. The van der Waals surface area contributed by atoms with Crippen molar-refractivity contribution >= 4 is 40.7 Å². The number of aliphatic hydroxyl groups is 1. The van der Waals surface area contributed by atoms with Gasteiger partial charge in [-0.3, -0.25) is 14.4 Å². The molecule has 1 spiro atoms. The average Bonchev–Trinajstić information content (AvgIpc) is 3.51. The Bertz CT molecular complexity index is 1430. The number of fused-ring (bicyclic) bond motifs is 1. The summed E-state index contributed by atoms with van der Waals surface area (Å²) in [5.74, 6) is -2.92. The summed E-state index contributed by atoms with van der Waals surface area (Å²) in [5, 5.41) is 10.7. The smallest absolute Gasteiger partial charge is 0.253 e. The lowest BCUT2D eigenvalue weighted by Gasteiger charge is -2.39. The van der Waals surface area contributed by atoms with E-state index in [1.54, 1.807) is 34.9 Å². The molecule has 3 aliphatic heterocycles. The highest BCUT2D eigenvalue weighted by Crippen LogP contribution is 2.66. The third-order valence-electron chi connectivity index (χ3n) is 9.67. The van der Waals surface area contributed by atoms with Crippen molar-refractivity contribution in [3.05, 3.63) is 84.4 Å². The molecule has 5 rings (SSSR count). The molecule has 3 heterocycles. The van der Waals surface area contributed by atoms with Crippen LogP contribution in [0.1, 0.15) is 32.8 Å². The van der Waals surface area contributed by atoms with Crippen molar-refractivity contribution in [2.75, 3.05) is 29.5 Å². The molecule has 0 radical (unpaired) electrons. The number of benzene rings is 2. The fourth-order valence-corrected chi connectivity index (χ4v) is 7.98. The predicted octanol–water partition coefficient (Wildman–Crippen LogP) is 4.78. The first kappa shape index (κ1) is 31.0. The van der Waals surface area contributed by atoms with Gasteiger partial charge < -0.3 is 24.5 Å². The number of carbonyl (C=O) groups excluding carboxylic acids is 3. The fourth-order valence-electron chi connectivity index (χ4n) is 7.65. The van der Waals surface area contributed by atoms with E-state index in [1.165, 1.54) is 4.90 Å². The Labute approximate surface area is 258 Å². The van der Waals surface area contributed by atoms with Crippen LogP contribution in [0.15, 0.2) is 73.8 Å². The number of hydrogen-bond donors (Lipinski definition) is 1. The van der Waals surface area contributed by atoms with E-state index in [0.29, 0.717) is 22.8 Å².